The number of pyridine rings is 1. The molecule has 0 aliphatic rings. The fourth-order valence-electron chi connectivity index (χ4n) is 3.04. The van der Waals surface area contributed by atoms with Crippen molar-refractivity contribution in [3.8, 4) is 0 Å². The Morgan fingerprint density at radius 2 is 1.97 bits per heavy atom. The van der Waals surface area contributed by atoms with E-state index in [4.69, 9.17) is 0 Å². The number of rotatable bonds is 6. The minimum Gasteiger partial charge on any atom is -0.345 e. The van der Waals surface area contributed by atoms with Gasteiger partial charge in [0, 0.05) is 6.20 Å². The van der Waals surface area contributed by atoms with E-state index in [2.05, 4.69) is 20.2 Å². The zero-order valence-electron chi connectivity index (χ0n) is 15.7. The molecule has 0 aliphatic carbocycles. The molecule has 11 heteroatoms. The number of aromatic amines is 1. The van der Waals surface area contributed by atoms with Crippen LogP contribution < -0.4 is 15.7 Å². The lowest BCUT2D eigenvalue weighted by Gasteiger charge is -2.19. The number of carbonyl (C=O) groups is 1. The van der Waals surface area contributed by atoms with Gasteiger partial charge in [-0.25, -0.2) is 22.7 Å². The first-order chi connectivity index (χ1) is 14.4. The highest BCUT2D eigenvalue weighted by molar-refractivity contribution is 7.94. The van der Waals surface area contributed by atoms with Crippen LogP contribution in [0.5, 0.6) is 0 Å². The van der Waals surface area contributed by atoms with E-state index in [9.17, 15) is 18.0 Å². The van der Waals surface area contributed by atoms with Crippen LogP contribution in [0.15, 0.2) is 69.1 Å². The van der Waals surface area contributed by atoms with E-state index in [1.807, 2.05) is 0 Å². The Bertz CT molecular complexity index is 1370. The molecular formula is C19H17N5O4S2. The van der Waals surface area contributed by atoms with Crippen LogP contribution in [0.25, 0.3) is 5.65 Å². The molecule has 4 rings (SSSR count). The van der Waals surface area contributed by atoms with E-state index >= 15 is 0 Å². The van der Waals surface area contributed by atoms with Gasteiger partial charge in [0.25, 0.3) is 15.9 Å². The standard InChI is InChI=1S/C19H17N5O4S2/c1-12(20-18(25)14-7-4-10-24-17(14)21-22-19(24)26)13-6-2-3-8-15(13)23-30(27,28)16-9-5-11-29-16/h2-12,23H,1H3,(H,20,25)(H,22,26). The van der Waals surface area contributed by atoms with Gasteiger partial charge in [0.1, 0.15) is 4.21 Å². The van der Waals surface area contributed by atoms with Gasteiger partial charge in [-0.05, 0) is 42.1 Å². The highest BCUT2D eigenvalue weighted by Crippen LogP contribution is 2.27. The van der Waals surface area contributed by atoms with Crippen LogP contribution in [0.2, 0.25) is 0 Å². The molecule has 0 fully saturated rings. The second kappa shape index (κ2) is 7.76. The van der Waals surface area contributed by atoms with Crippen LogP contribution >= 0.6 is 11.3 Å². The van der Waals surface area contributed by atoms with Crippen molar-refractivity contribution in [2.45, 2.75) is 17.2 Å². The minimum atomic E-state index is -3.73. The van der Waals surface area contributed by atoms with E-state index in [0.29, 0.717) is 11.3 Å². The molecule has 1 unspecified atom stereocenters. The molecule has 0 spiro atoms. The van der Waals surface area contributed by atoms with Gasteiger partial charge in [0.15, 0.2) is 5.65 Å². The molecule has 3 N–H and O–H groups in total. The van der Waals surface area contributed by atoms with E-state index in [0.717, 1.165) is 11.3 Å². The number of nitrogens with one attached hydrogen (secondary N) is 3. The molecule has 4 aromatic rings. The van der Waals surface area contributed by atoms with Gasteiger partial charge >= 0.3 is 5.69 Å². The largest absolute Gasteiger partial charge is 0.347 e. The van der Waals surface area contributed by atoms with Crippen LogP contribution in [-0.2, 0) is 10.0 Å². The number of benzene rings is 1. The summed E-state index contributed by atoms with van der Waals surface area (Å²) in [5.41, 5.74) is 0.949. The molecule has 1 aromatic carbocycles. The van der Waals surface area contributed by atoms with Crippen molar-refractivity contribution >= 4 is 38.6 Å². The predicted octanol–water partition coefficient (Wildman–Crippen LogP) is 2.38. The van der Waals surface area contributed by atoms with Gasteiger partial charge in [-0.3, -0.25) is 9.52 Å². The first kappa shape index (κ1) is 19.9. The number of para-hydroxylation sites is 1. The summed E-state index contributed by atoms with van der Waals surface area (Å²) in [7, 11) is -3.73. The lowest BCUT2D eigenvalue weighted by Crippen LogP contribution is -2.28. The highest BCUT2D eigenvalue weighted by Gasteiger charge is 2.21. The molecule has 0 bridgehead atoms. The molecule has 9 nitrogen and oxygen atoms in total. The Balaban J connectivity index is 1.60. The quantitative estimate of drug-likeness (QED) is 0.422. The Morgan fingerprint density at radius 3 is 2.73 bits per heavy atom. The number of amides is 1. The molecule has 0 radical (unpaired) electrons. The third-order valence-corrected chi connectivity index (χ3v) is 7.23. The van der Waals surface area contributed by atoms with Gasteiger partial charge in [-0.15, -0.1) is 11.3 Å². The summed E-state index contributed by atoms with van der Waals surface area (Å²) in [5.74, 6) is -0.442. The number of hydrogen-bond acceptors (Lipinski definition) is 6. The smallest absolute Gasteiger partial charge is 0.345 e. The van der Waals surface area contributed by atoms with E-state index in [1.165, 1.54) is 16.7 Å². The maximum absolute atomic E-state index is 12.8. The van der Waals surface area contributed by atoms with Crippen molar-refractivity contribution in [1.29, 1.82) is 0 Å². The molecule has 0 aliphatic heterocycles. The molecule has 154 valence electrons. The summed E-state index contributed by atoms with van der Waals surface area (Å²) in [6, 6.07) is 12.6. The number of carbonyl (C=O) groups excluding carboxylic acids is 1. The van der Waals surface area contributed by atoms with Gasteiger partial charge < -0.3 is 5.32 Å². The molecular weight excluding hydrogens is 426 g/mol. The fraction of sp³-hybridized carbons (Fsp3) is 0.105. The summed E-state index contributed by atoms with van der Waals surface area (Å²) in [6.07, 6.45) is 1.51. The fourth-order valence-corrected chi connectivity index (χ4v) is 5.12. The molecule has 3 heterocycles. The van der Waals surface area contributed by atoms with Crippen molar-refractivity contribution < 1.29 is 13.2 Å². The molecule has 3 aromatic heterocycles. The van der Waals surface area contributed by atoms with Crippen LogP contribution in [0, 0.1) is 0 Å². The van der Waals surface area contributed by atoms with Crippen molar-refractivity contribution in [3.63, 3.8) is 0 Å². The first-order valence-corrected chi connectivity index (χ1v) is 11.2. The number of hydrogen-bond donors (Lipinski definition) is 3. The zero-order valence-corrected chi connectivity index (χ0v) is 17.3. The van der Waals surface area contributed by atoms with E-state index in [-0.39, 0.29) is 15.4 Å². The van der Waals surface area contributed by atoms with Crippen molar-refractivity contribution in [2.24, 2.45) is 0 Å². The van der Waals surface area contributed by atoms with Crippen LogP contribution in [0.3, 0.4) is 0 Å². The number of thiophene rings is 1. The number of nitrogens with zero attached hydrogens (tertiary/aromatic N) is 2. The monoisotopic (exact) mass is 443 g/mol. The summed E-state index contributed by atoms with van der Waals surface area (Å²) in [6.45, 7) is 1.74. The average molecular weight is 444 g/mol. The number of fused-ring (bicyclic) bond motifs is 1. The minimum absolute atomic E-state index is 0.199. The summed E-state index contributed by atoms with van der Waals surface area (Å²) >= 11 is 1.12. The number of anilines is 1. The lowest BCUT2D eigenvalue weighted by atomic mass is 10.1. The highest BCUT2D eigenvalue weighted by atomic mass is 32.2. The number of H-pyrrole nitrogens is 1. The van der Waals surface area contributed by atoms with E-state index < -0.39 is 27.7 Å². The third kappa shape index (κ3) is 3.72. The third-order valence-electron chi connectivity index (χ3n) is 4.47. The Kier molecular flexibility index (Phi) is 5.14. The SMILES string of the molecule is CC(NC(=O)c1cccn2c(=O)[nH]nc12)c1ccccc1NS(=O)(=O)c1cccs1. The van der Waals surface area contributed by atoms with Crippen molar-refractivity contribution in [1.82, 2.24) is 19.9 Å². The van der Waals surface area contributed by atoms with Crippen LogP contribution in [0.1, 0.15) is 28.9 Å². The predicted molar refractivity (Wildman–Crippen MR) is 113 cm³/mol. The second-order valence-electron chi connectivity index (χ2n) is 6.46. The lowest BCUT2D eigenvalue weighted by molar-refractivity contribution is 0.0941. The van der Waals surface area contributed by atoms with Gasteiger partial charge in [0.05, 0.1) is 17.3 Å². The zero-order chi connectivity index (χ0) is 21.3. The number of sulfonamides is 1. The first-order valence-electron chi connectivity index (χ1n) is 8.89. The molecule has 1 atom stereocenters. The van der Waals surface area contributed by atoms with E-state index in [1.54, 1.807) is 54.8 Å². The second-order valence-corrected chi connectivity index (χ2v) is 9.32. The summed E-state index contributed by atoms with van der Waals surface area (Å²) < 4.78 is 29.2. The van der Waals surface area contributed by atoms with Crippen molar-refractivity contribution in [3.05, 3.63) is 81.7 Å². The average Bonchev–Trinajstić information content (AvgIpc) is 3.39. The number of aromatic nitrogens is 3. The van der Waals surface area contributed by atoms with Crippen LogP contribution in [-0.4, -0.2) is 28.9 Å². The Hall–Kier alpha value is -3.44. The summed E-state index contributed by atoms with van der Waals surface area (Å²) in [5, 5.41) is 10.7. The topological polar surface area (TPSA) is 125 Å². The molecule has 30 heavy (non-hydrogen) atoms. The van der Waals surface area contributed by atoms with Gasteiger partial charge in [-0.2, -0.15) is 5.10 Å². The maximum atomic E-state index is 12.8. The molecule has 1 amide bonds. The maximum Gasteiger partial charge on any atom is 0.347 e. The Morgan fingerprint density at radius 1 is 1.17 bits per heavy atom. The normalized spacial score (nSPS) is 12.6. The van der Waals surface area contributed by atoms with Crippen LogP contribution in [0.4, 0.5) is 5.69 Å². The van der Waals surface area contributed by atoms with Gasteiger partial charge in [-0.1, -0.05) is 24.3 Å². The van der Waals surface area contributed by atoms with Gasteiger partial charge in [0.2, 0.25) is 0 Å². The molecule has 0 saturated heterocycles. The molecule has 0 saturated carbocycles. The summed E-state index contributed by atoms with van der Waals surface area (Å²) in [4.78, 5) is 24.5. The Labute approximate surface area is 175 Å². The van der Waals surface area contributed by atoms with Crippen molar-refractivity contribution in [2.75, 3.05) is 4.72 Å².